The van der Waals surface area contributed by atoms with Gasteiger partial charge >= 0.3 is 0 Å². The average Bonchev–Trinajstić information content (AvgIpc) is 2.55. The molecule has 0 radical (unpaired) electrons. The number of ether oxygens (including phenoxy) is 1. The highest BCUT2D eigenvalue weighted by Crippen LogP contribution is 2.33. The van der Waals surface area contributed by atoms with Crippen LogP contribution in [0.3, 0.4) is 0 Å². The SMILES string of the molecule is CCc1cccc(C)c1NC(=O)COc1c(Cl)cc(Cl)cc1C(C)=O. The number of Topliss-reactive ketones (excluding diaryl/α,β-unsaturated/α-hetero) is 1. The first-order valence-corrected chi connectivity index (χ1v) is 8.60. The quantitative estimate of drug-likeness (QED) is 0.711. The molecule has 0 saturated heterocycles. The topological polar surface area (TPSA) is 55.4 Å². The summed E-state index contributed by atoms with van der Waals surface area (Å²) in [5.74, 6) is -0.411. The van der Waals surface area contributed by atoms with Crippen LogP contribution in [-0.2, 0) is 11.2 Å². The van der Waals surface area contributed by atoms with Crippen molar-refractivity contribution < 1.29 is 14.3 Å². The van der Waals surface area contributed by atoms with Crippen LogP contribution in [0.25, 0.3) is 0 Å². The predicted octanol–water partition coefficient (Wildman–Crippen LogP) is 5.08. The Labute approximate surface area is 157 Å². The number of halogens is 2. The van der Waals surface area contributed by atoms with Gasteiger partial charge in [-0.15, -0.1) is 0 Å². The van der Waals surface area contributed by atoms with Gasteiger partial charge in [-0.3, -0.25) is 9.59 Å². The fraction of sp³-hybridized carbons (Fsp3) is 0.263. The second-order valence-electron chi connectivity index (χ2n) is 5.62. The van der Waals surface area contributed by atoms with Gasteiger partial charge in [0.15, 0.2) is 12.4 Å². The van der Waals surface area contributed by atoms with Crippen molar-refractivity contribution in [1.82, 2.24) is 0 Å². The van der Waals surface area contributed by atoms with Crippen LogP contribution in [0.2, 0.25) is 10.0 Å². The maximum Gasteiger partial charge on any atom is 0.262 e. The van der Waals surface area contributed by atoms with E-state index in [-0.39, 0.29) is 34.6 Å². The fourth-order valence-electron chi connectivity index (χ4n) is 2.48. The molecule has 0 aromatic heterocycles. The molecule has 0 heterocycles. The number of ketones is 1. The Morgan fingerprint density at radius 1 is 1.20 bits per heavy atom. The molecule has 6 heteroatoms. The summed E-state index contributed by atoms with van der Waals surface area (Å²) >= 11 is 12.0. The molecule has 0 saturated carbocycles. The van der Waals surface area contributed by atoms with E-state index in [1.165, 1.54) is 19.1 Å². The van der Waals surface area contributed by atoms with E-state index in [1.807, 2.05) is 32.0 Å². The minimum Gasteiger partial charge on any atom is -0.481 e. The second kappa shape index (κ2) is 8.37. The third-order valence-corrected chi connectivity index (χ3v) is 4.24. The Hall–Kier alpha value is -2.04. The van der Waals surface area contributed by atoms with Gasteiger partial charge in [0.2, 0.25) is 0 Å². The van der Waals surface area contributed by atoms with Crippen LogP contribution < -0.4 is 10.1 Å². The smallest absolute Gasteiger partial charge is 0.262 e. The molecule has 2 aromatic rings. The van der Waals surface area contributed by atoms with E-state index in [0.29, 0.717) is 5.02 Å². The lowest BCUT2D eigenvalue weighted by atomic mass is 10.1. The largest absolute Gasteiger partial charge is 0.481 e. The summed E-state index contributed by atoms with van der Waals surface area (Å²) in [5.41, 5.74) is 3.05. The molecule has 132 valence electrons. The van der Waals surface area contributed by atoms with Gasteiger partial charge in [0.1, 0.15) is 5.75 Å². The molecule has 0 unspecified atom stereocenters. The molecule has 1 amide bonds. The summed E-state index contributed by atoms with van der Waals surface area (Å²) in [4.78, 5) is 24.0. The zero-order valence-electron chi connectivity index (χ0n) is 14.3. The second-order valence-corrected chi connectivity index (χ2v) is 6.46. The van der Waals surface area contributed by atoms with Crippen LogP contribution in [-0.4, -0.2) is 18.3 Å². The fourth-order valence-corrected chi connectivity index (χ4v) is 3.03. The highest BCUT2D eigenvalue weighted by Gasteiger charge is 2.16. The highest BCUT2D eigenvalue weighted by atomic mass is 35.5. The summed E-state index contributed by atoms with van der Waals surface area (Å²) in [6.45, 7) is 5.07. The molecule has 2 rings (SSSR count). The first kappa shape index (κ1) is 19.3. The molecular weight excluding hydrogens is 361 g/mol. The van der Waals surface area contributed by atoms with Crippen molar-refractivity contribution in [1.29, 1.82) is 0 Å². The molecule has 0 bridgehead atoms. The Morgan fingerprint density at radius 2 is 1.92 bits per heavy atom. The minimum atomic E-state index is -0.329. The molecule has 0 fully saturated rings. The number of rotatable bonds is 6. The first-order valence-electron chi connectivity index (χ1n) is 7.84. The number of anilines is 1. The van der Waals surface area contributed by atoms with Crippen LogP contribution in [0.4, 0.5) is 5.69 Å². The Kier molecular flexibility index (Phi) is 6.45. The van der Waals surface area contributed by atoms with Gasteiger partial charge in [-0.2, -0.15) is 0 Å². The van der Waals surface area contributed by atoms with Crippen LogP contribution >= 0.6 is 23.2 Å². The van der Waals surface area contributed by atoms with E-state index in [0.717, 1.165) is 23.2 Å². The molecule has 1 N–H and O–H groups in total. The maximum atomic E-state index is 12.3. The van der Waals surface area contributed by atoms with Crippen LogP contribution in [0.5, 0.6) is 5.75 Å². The lowest BCUT2D eigenvalue weighted by molar-refractivity contribution is -0.118. The maximum absolute atomic E-state index is 12.3. The lowest BCUT2D eigenvalue weighted by Gasteiger charge is -2.15. The summed E-state index contributed by atoms with van der Waals surface area (Å²) in [5, 5.41) is 3.38. The number of benzene rings is 2. The molecule has 25 heavy (non-hydrogen) atoms. The van der Waals surface area contributed by atoms with Crippen molar-refractivity contribution in [3.63, 3.8) is 0 Å². The predicted molar refractivity (Wildman–Crippen MR) is 101 cm³/mol. The summed E-state index contributed by atoms with van der Waals surface area (Å²) in [6, 6.07) is 8.79. The number of carbonyl (C=O) groups excluding carboxylic acids is 2. The van der Waals surface area contributed by atoms with Crippen molar-refractivity contribution in [3.05, 3.63) is 57.1 Å². The number of amides is 1. The van der Waals surface area contributed by atoms with E-state index in [2.05, 4.69) is 5.32 Å². The van der Waals surface area contributed by atoms with Crippen molar-refractivity contribution >= 4 is 40.6 Å². The Balaban J connectivity index is 2.15. The summed E-state index contributed by atoms with van der Waals surface area (Å²) in [7, 11) is 0. The van der Waals surface area contributed by atoms with E-state index in [4.69, 9.17) is 27.9 Å². The molecule has 2 aromatic carbocycles. The van der Waals surface area contributed by atoms with E-state index in [9.17, 15) is 9.59 Å². The van der Waals surface area contributed by atoms with E-state index in [1.54, 1.807) is 0 Å². The lowest BCUT2D eigenvalue weighted by Crippen LogP contribution is -2.22. The molecule has 0 aliphatic rings. The highest BCUT2D eigenvalue weighted by molar-refractivity contribution is 6.36. The Bertz CT molecular complexity index is 819. The van der Waals surface area contributed by atoms with Crippen LogP contribution in [0, 0.1) is 6.92 Å². The van der Waals surface area contributed by atoms with Gasteiger partial charge in [-0.05, 0) is 43.5 Å². The van der Waals surface area contributed by atoms with Gasteiger partial charge in [0, 0.05) is 10.7 Å². The number of aryl methyl sites for hydroxylation is 2. The standard InChI is InChI=1S/C19H19Cl2NO3/c1-4-13-7-5-6-11(2)18(13)22-17(24)10-25-19-15(12(3)23)8-14(20)9-16(19)21/h5-9H,4,10H2,1-3H3,(H,22,24). The normalized spacial score (nSPS) is 10.4. The third kappa shape index (κ3) is 4.74. The monoisotopic (exact) mass is 379 g/mol. The van der Waals surface area contributed by atoms with Gasteiger partial charge in [0.25, 0.3) is 5.91 Å². The molecule has 0 aliphatic carbocycles. The minimum absolute atomic E-state index is 0.161. The zero-order valence-corrected chi connectivity index (χ0v) is 15.8. The third-order valence-electron chi connectivity index (χ3n) is 3.74. The number of hydrogen-bond donors (Lipinski definition) is 1. The van der Waals surface area contributed by atoms with Gasteiger partial charge < -0.3 is 10.1 Å². The van der Waals surface area contributed by atoms with Crippen molar-refractivity contribution in [2.75, 3.05) is 11.9 Å². The average molecular weight is 380 g/mol. The Morgan fingerprint density at radius 3 is 2.56 bits per heavy atom. The molecule has 0 aliphatic heterocycles. The molecule has 0 atom stereocenters. The van der Waals surface area contributed by atoms with E-state index >= 15 is 0 Å². The van der Waals surface area contributed by atoms with Crippen molar-refractivity contribution in [3.8, 4) is 5.75 Å². The number of nitrogens with one attached hydrogen (secondary N) is 1. The summed E-state index contributed by atoms with van der Waals surface area (Å²) < 4.78 is 5.51. The van der Waals surface area contributed by atoms with Crippen LogP contribution in [0.1, 0.15) is 35.3 Å². The van der Waals surface area contributed by atoms with Crippen molar-refractivity contribution in [2.24, 2.45) is 0 Å². The molecular formula is C19H19Cl2NO3. The van der Waals surface area contributed by atoms with Crippen LogP contribution in [0.15, 0.2) is 30.3 Å². The van der Waals surface area contributed by atoms with E-state index < -0.39 is 0 Å². The zero-order chi connectivity index (χ0) is 18.6. The summed E-state index contributed by atoms with van der Waals surface area (Å²) in [6.07, 6.45) is 0.801. The molecule has 4 nitrogen and oxygen atoms in total. The number of hydrogen-bond acceptors (Lipinski definition) is 3. The van der Waals surface area contributed by atoms with Gasteiger partial charge in [-0.25, -0.2) is 0 Å². The van der Waals surface area contributed by atoms with Gasteiger partial charge in [-0.1, -0.05) is 48.3 Å². The van der Waals surface area contributed by atoms with Gasteiger partial charge in [0.05, 0.1) is 10.6 Å². The van der Waals surface area contributed by atoms with Crippen molar-refractivity contribution in [2.45, 2.75) is 27.2 Å². The molecule has 0 spiro atoms. The number of carbonyl (C=O) groups is 2. The number of para-hydroxylation sites is 1. The first-order chi connectivity index (χ1) is 11.8.